The Labute approximate surface area is 151 Å². The van der Waals surface area contributed by atoms with Crippen LogP contribution in [-0.4, -0.2) is 35.8 Å². The average molecular weight is 362 g/mol. The Balaban J connectivity index is 1.63. The molecule has 0 spiro atoms. The number of thioether (sulfide) groups is 1. The number of hydrogen-bond donors (Lipinski definition) is 0. The lowest BCUT2D eigenvalue weighted by Gasteiger charge is -2.34. The van der Waals surface area contributed by atoms with E-state index >= 15 is 0 Å². The second kappa shape index (κ2) is 6.54. The summed E-state index contributed by atoms with van der Waals surface area (Å²) in [6.07, 6.45) is 2.25. The van der Waals surface area contributed by atoms with Gasteiger partial charge in [0.05, 0.1) is 29.7 Å². The van der Waals surface area contributed by atoms with E-state index in [0.717, 1.165) is 44.1 Å². The first-order chi connectivity index (χ1) is 11.7. The van der Waals surface area contributed by atoms with Crippen molar-refractivity contribution >= 4 is 29.2 Å². The normalized spacial score (nSPS) is 22.4. The molecular formula is C18H20ClN3OS. The monoisotopic (exact) mass is 361 g/mol. The van der Waals surface area contributed by atoms with Gasteiger partial charge < -0.3 is 9.64 Å². The minimum absolute atomic E-state index is 0.0399. The van der Waals surface area contributed by atoms with Crippen LogP contribution in [0.2, 0.25) is 5.28 Å². The molecule has 0 amide bonds. The first-order valence-electron chi connectivity index (χ1n) is 8.30. The molecule has 1 aromatic carbocycles. The van der Waals surface area contributed by atoms with Crippen LogP contribution in [0.25, 0.3) is 0 Å². The number of halogens is 1. The number of morpholine rings is 1. The maximum Gasteiger partial charge on any atom is 0.224 e. The SMILES string of the molecule is C[C@H]1COCCN1c1cc(C2(Sc3ccccc3)CC2)nc(Cl)n1. The van der Waals surface area contributed by atoms with Gasteiger partial charge in [-0.2, -0.15) is 0 Å². The van der Waals surface area contributed by atoms with Gasteiger partial charge >= 0.3 is 0 Å². The summed E-state index contributed by atoms with van der Waals surface area (Å²) in [6, 6.07) is 12.9. The fraction of sp³-hybridized carbons (Fsp3) is 0.444. The van der Waals surface area contributed by atoms with Crippen LogP contribution < -0.4 is 4.90 Å². The molecule has 1 atom stereocenters. The first-order valence-corrected chi connectivity index (χ1v) is 9.49. The van der Waals surface area contributed by atoms with Crippen LogP contribution in [0.4, 0.5) is 5.82 Å². The van der Waals surface area contributed by atoms with Crippen LogP contribution in [0.3, 0.4) is 0 Å². The van der Waals surface area contributed by atoms with E-state index < -0.39 is 0 Å². The third-order valence-electron chi connectivity index (χ3n) is 4.57. The smallest absolute Gasteiger partial charge is 0.224 e. The quantitative estimate of drug-likeness (QED) is 0.765. The predicted octanol–water partition coefficient (Wildman–Crippen LogP) is 4.14. The van der Waals surface area contributed by atoms with Crippen molar-refractivity contribution in [2.45, 2.75) is 35.4 Å². The lowest BCUT2D eigenvalue weighted by atomic mass is 10.2. The van der Waals surface area contributed by atoms with Crippen molar-refractivity contribution in [1.82, 2.24) is 9.97 Å². The summed E-state index contributed by atoms with van der Waals surface area (Å²) in [5.74, 6) is 0.917. The van der Waals surface area contributed by atoms with Gasteiger partial charge in [-0.3, -0.25) is 0 Å². The van der Waals surface area contributed by atoms with E-state index in [2.05, 4.69) is 52.1 Å². The molecule has 1 aromatic heterocycles. The maximum atomic E-state index is 6.26. The standard InChI is InChI=1S/C18H20ClN3OS/c1-13-12-23-10-9-22(13)16-11-15(20-17(19)21-16)18(7-8-18)24-14-5-3-2-4-6-14/h2-6,11,13H,7-10,12H2,1H3/t13-/m0/s1. The van der Waals surface area contributed by atoms with Crippen molar-refractivity contribution in [2.24, 2.45) is 0 Å². The average Bonchev–Trinajstić information content (AvgIpc) is 3.36. The van der Waals surface area contributed by atoms with Crippen molar-refractivity contribution in [3.8, 4) is 0 Å². The van der Waals surface area contributed by atoms with Gasteiger partial charge in [0.15, 0.2) is 0 Å². The van der Waals surface area contributed by atoms with Crippen molar-refractivity contribution in [3.63, 3.8) is 0 Å². The lowest BCUT2D eigenvalue weighted by Crippen LogP contribution is -2.44. The topological polar surface area (TPSA) is 38.2 Å². The fourth-order valence-corrected chi connectivity index (χ4v) is 4.53. The second-order valence-corrected chi connectivity index (χ2v) is 8.20. The van der Waals surface area contributed by atoms with Crippen LogP contribution >= 0.6 is 23.4 Å². The summed E-state index contributed by atoms with van der Waals surface area (Å²) >= 11 is 8.15. The fourth-order valence-electron chi connectivity index (χ4n) is 3.09. The molecule has 1 saturated carbocycles. The molecule has 126 valence electrons. The third-order valence-corrected chi connectivity index (χ3v) is 6.26. The Bertz CT molecular complexity index is 723. The Kier molecular flexibility index (Phi) is 4.41. The number of nitrogens with zero attached hydrogens (tertiary/aromatic N) is 3. The Morgan fingerprint density at radius 2 is 2.04 bits per heavy atom. The third kappa shape index (κ3) is 3.25. The van der Waals surface area contributed by atoms with Crippen molar-refractivity contribution < 1.29 is 4.74 Å². The molecule has 24 heavy (non-hydrogen) atoms. The van der Waals surface area contributed by atoms with Crippen LogP contribution in [-0.2, 0) is 9.48 Å². The highest BCUT2D eigenvalue weighted by Gasteiger charge is 2.47. The largest absolute Gasteiger partial charge is 0.377 e. The molecule has 4 rings (SSSR count). The number of rotatable bonds is 4. The van der Waals surface area contributed by atoms with Gasteiger partial charge in [-0.15, -0.1) is 11.8 Å². The van der Waals surface area contributed by atoms with Crippen molar-refractivity contribution in [3.05, 3.63) is 47.4 Å². The molecule has 1 saturated heterocycles. The van der Waals surface area contributed by atoms with Crippen LogP contribution in [0.5, 0.6) is 0 Å². The van der Waals surface area contributed by atoms with Gasteiger partial charge in [-0.05, 0) is 43.5 Å². The molecular weight excluding hydrogens is 342 g/mol. The molecule has 6 heteroatoms. The van der Waals surface area contributed by atoms with Crippen molar-refractivity contribution in [1.29, 1.82) is 0 Å². The molecule has 2 fully saturated rings. The van der Waals surface area contributed by atoms with E-state index in [9.17, 15) is 0 Å². The molecule has 2 aliphatic rings. The summed E-state index contributed by atoms with van der Waals surface area (Å²) in [5, 5.41) is 0.334. The van der Waals surface area contributed by atoms with E-state index in [4.69, 9.17) is 16.3 Å². The zero-order valence-corrected chi connectivity index (χ0v) is 15.2. The Hall–Kier alpha value is -1.30. The highest BCUT2D eigenvalue weighted by atomic mass is 35.5. The number of anilines is 1. The van der Waals surface area contributed by atoms with E-state index in [1.165, 1.54) is 4.90 Å². The zero-order valence-electron chi connectivity index (χ0n) is 13.6. The zero-order chi connectivity index (χ0) is 16.6. The van der Waals surface area contributed by atoms with Gasteiger partial charge in [0.1, 0.15) is 5.82 Å². The van der Waals surface area contributed by atoms with Gasteiger partial charge in [0.25, 0.3) is 0 Å². The summed E-state index contributed by atoms with van der Waals surface area (Å²) in [4.78, 5) is 12.6. The molecule has 0 radical (unpaired) electrons. The molecule has 0 N–H and O–H groups in total. The van der Waals surface area contributed by atoms with E-state index in [1.54, 1.807) is 0 Å². The molecule has 1 aliphatic carbocycles. The maximum absolute atomic E-state index is 6.26. The number of aromatic nitrogens is 2. The molecule has 4 nitrogen and oxygen atoms in total. The molecule has 1 aliphatic heterocycles. The molecule has 0 unspecified atom stereocenters. The summed E-state index contributed by atoms with van der Waals surface area (Å²) in [6.45, 7) is 4.44. The Morgan fingerprint density at radius 3 is 2.75 bits per heavy atom. The van der Waals surface area contributed by atoms with Gasteiger partial charge in [0, 0.05) is 17.5 Å². The highest BCUT2D eigenvalue weighted by Crippen LogP contribution is 2.59. The molecule has 2 heterocycles. The van der Waals surface area contributed by atoms with Crippen LogP contribution in [0.15, 0.2) is 41.3 Å². The highest BCUT2D eigenvalue weighted by molar-refractivity contribution is 8.00. The summed E-state index contributed by atoms with van der Waals surface area (Å²) in [5.41, 5.74) is 1.05. The lowest BCUT2D eigenvalue weighted by molar-refractivity contribution is 0.0985. The second-order valence-electron chi connectivity index (χ2n) is 6.41. The van der Waals surface area contributed by atoms with Crippen molar-refractivity contribution in [2.75, 3.05) is 24.7 Å². The van der Waals surface area contributed by atoms with E-state index in [1.807, 2.05) is 17.8 Å². The minimum atomic E-state index is 0.0399. The van der Waals surface area contributed by atoms with Gasteiger partial charge in [-0.25, -0.2) is 9.97 Å². The summed E-state index contributed by atoms with van der Waals surface area (Å²) in [7, 11) is 0. The van der Waals surface area contributed by atoms with Gasteiger partial charge in [0.2, 0.25) is 5.28 Å². The van der Waals surface area contributed by atoms with Crippen LogP contribution in [0, 0.1) is 0 Å². The molecule has 2 aromatic rings. The van der Waals surface area contributed by atoms with Gasteiger partial charge in [-0.1, -0.05) is 18.2 Å². The number of benzene rings is 1. The molecule has 0 bridgehead atoms. The summed E-state index contributed by atoms with van der Waals surface area (Å²) < 4.78 is 5.57. The number of ether oxygens (including phenoxy) is 1. The Morgan fingerprint density at radius 1 is 1.25 bits per heavy atom. The van der Waals surface area contributed by atoms with E-state index in [0.29, 0.717) is 11.3 Å². The van der Waals surface area contributed by atoms with E-state index in [-0.39, 0.29) is 4.75 Å². The first kappa shape index (κ1) is 16.2. The predicted molar refractivity (Wildman–Crippen MR) is 97.9 cm³/mol. The van der Waals surface area contributed by atoms with Crippen LogP contribution in [0.1, 0.15) is 25.5 Å². The number of hydrogen-bond acceptors (Lipinski definition) is 5. The minimum Gasteiger partial charge on any atom is -0.377 e.